The molecule has 2 fully saturated rings. The second-order valence-corrected chi connectivity index (χ2v) is 10.6. The SMILES string of the molecule is CC1(C)CCN(C(=O)C2(c3cccc(F)c3)CCOCC2)CCS1(=O)=O. The Morgan fingerprint density at radius 2 is 1.85 bits per heavy atom. The van der Waals surface area contributed by atoms with Crippen molar-refractivity contribution in [2.45, 2.75) is 43.3 Å². The summed E-state index contributed by atoms with van der Waals surface area (Å²) in [6.07, 6.45) is 1.35. The zero-order valence-electron chi connectivity index (χ0n) is 15.3. The Hall–Kier alpha value is -1.47. The van der Waals surface area contributed by atoms with E-state index in [0.717, 1.165) is 0 Å². The van der Waals surface area contributed by atoms with Gasteiger partial charge in [0.05, 0.1) is 15.9 Å². The van der Waals surface area contributed by atoms with Gasteiger partial charge in [-0.1, -0.05) is 12.1 Å². The maximum atomic E-state index is 13.8. The Balaban J connectivity index is 1.94. The quantitative estimate of drug-likeness (QED) is 0.786. The van der Waals surface area contributed by atoms with Gasteiger partial charge in [-0.2, -0.15) is 0 Å². The van der Waals surface area contributed by atoms with Gasteiger partial charge in [0.25, 0.3) is 0 Å². The van der Waals surface area contributed by atoms with Crippen LogP contribution in [0.3, 0.4) is 0 Å². The zero-order chi connectivity index (χ0) is 19.0. The van der Waals surface area contributed by atoms with Crippen LogP contribution >= 0.6 is 0 Å². The van der Waals surface area contributed by atoms with Crippen LogP contribution in [0.25, 0.3) is 0 Å². The lowest BCUT2D eigenvalue weighted by molar-refractivity contribution is -0.141. The third-order valence-electron chi connectivity index (χ3n) is 5.88. The lowest BCUT2D eigenvalue weighted by Gasteiger charge is -2.40. The molecule has 0 saturated carbocycles. The van der Waals surface area contributed by atoms with E-state index < -0.39 is 20.0 Å². The van der Waals surface area contributed by atoms with Crippen molar-refractivity contribution in [1.82, 2.24) is 4.90 Å². The predicted octanol–water partition coefficient (Wildman–Crippen LogP) is 2.30. The molecule has 0 atom stereocenters. The van der Waals surface area contributed by atoms with Crippen LogP contribution in [-0.2, 0) is 24.8 Å². The first-order chi connectivity index (χ1) is 12.2. The van der Waals surface area contributed by atoms with Crippen LogP contribution in [0.5, 0.6) is 0 Å². The van der Waals surface area contributed by atoms with Crippen LogP contribution in [0, 0.1) is 5.82 Å². The number of hydrogen-bond acceptors (Lipinski definition) is 4. The molecular weight excluding hydrogens is 357 g/mol. The highest BCUT2D eigenvalue weighted by atomic mass is 32.2. The molecule has 3 rings (SSSR count). The molecule has 1 amide bonds. The van der Waals surface area contributed by atoms with E-state index in [-0.39, 0.29) is 24.0 Å². The van der Waals surface area contributed by atoms with Crippen molar-refractivity contribution < 1.29 is 22.3 Å². The molecule has 0 N–H and O–H groups in total. The van der Waals surface area contributed by atoms with Crippen LogP contribution in [0.4, 0.5) is 4.39 Å². The molecule has 0 aromatic heterocycles. The van der Waals surface area contributed by atoms with Crippen molar-refractivity contribution in [2.75, 3.05) is 32.1 Å². The number of halogens is 1. The molecule has 0 aliphatic carbocycles. The fourth-order valence-corrected chi connectivity index (χ4v) is 5.23. The van der Waals surface area contributed by atoms with Gasteiger partial charge in [0, 0.05) is 26.3 Å². The monoisotopic (exact) mass is 383 g/mol. The first-order valence-electron chi connectivity index (χ1n) is 9.03. The standard InChI is InChI=1S/C19H26FNO4S/c1-18(2)6-9-21(10-13-26(18,23)24)17(22)19(7-11-25-12-8-19)15-4-3-5-16(20)14-15/h3-5,14H,6-13H2,1-2H3. The van der Waals surface area contributed by atoms with Gasteiger partial charge >= 0.3 is 0 Å². The fraction of sp³-hybridized carbons (Fsp3) is 0.632. The summed E-state index contributed by atoms with van der Waals surface area (Å²) in [6.45, 7) is 4.87. The molecule has 2 heterocycles. The summed E-state index contributed by atoms with van der Waals surface area (Å²) in [6, 6.07) is 6.18. The van der Waals surface area contributed by atoms with E-state index in [2.05, 4.69) is 0 Å². The van der Waals surface area contributed by atoms with Crippen molar-refractivity contribution in [3.8, 4) is 0 Å². The van der Waals surface area contributed by atoms with E-state index in [1.807, 2.05) is 0 Å². The van der Waals surface area contributed by atoms with E-state index in [1.54, 1.807) is 30.9 Å². The van der Waals surface area contributed by atoms with Gasteiger partial charge in [-0.15, -0.1) is 0 Å². The van der Waals surface area contributed by atoms with Gasteiger partial charge in [0.15, 0.2) is 9.84 Å². The molecular formula is C19H26FNO4S. The van der Waals surface area contributed by atoms with Crippen molar-refractivity contribution in [3.63, 3.8) is 0 Å². The number of sulfone groups is 1. The summed E-state index contributed by atoms with van der Waals surface area (Å²) in [7, 11) is -3.26. The van der Waals surface area contributed by atoms with Crippen LogP contribution in [-0.4, -0.2) is 56.0 Å². The van der Waals surface area contributed by atoms with Gasteiger partial charge in [0.1, 0.15) is 5.82 Å². The maximum Gasteiger partial charge on any atom is 0.233 e. The third kappa shape index (κ3) is 3.39. The maximum absolute atomic E-state index is 13.8. The second kappa shape index (κ2) is 6.93. The van der Waals surface area contributed by atoms with Crippen LogP contribution in [0.1, 0.15) is 38.7 Å². The summed E-state index contributed by atoms with van der Waals surface area (Å²) >= 11 is 0. The molecule has 7 heteroatoms. The summed E-state index contributed by atoms with van der Waals surface area (Å²) < 4.78 is 43.3. The highest BCUT2D eigenvalue weighted by Crippen LogP contribution is 2.38. The first kappa shape index (κ1) is 19.3. The van der Waals surface area contributed by atoms with Crippen LogP contribution in [0.2, 0.25) is 0 Å². The highest BCUT2D eigenvalue weighted by Gasteiger charge is 2.46. The van der Waals surface area contributed by atoms with Crippen LogP contribution in [0.15, 0.2) is 24.3 Å². The zero-order valence-corrected chi connectivity index (χ0v) is 16.1. The van der Waals surface area contributed by atoms with Crippen LogP contribution < -0.4 is 0 Å². The lowest BCUT2D eigenvalue weighted by atomic mass is 9.73. The largest absolute Gasteiger partial charge is 0.381 e. The number of amides is 1. The molecule has 0 unspecified atom stereocenters. The summed E-state index contributed by atoms with van der Waals surface area (Å²) in [5.74, 6) is -0.526. The first-order valence-corrected chi connectivity index (χ1v) is 10.7. The minimum atomic E-state index is -3.26. The van der Waals surface area contributed by atoms with Gasteiger partial charge < -0.3 is 9.64 Å². The van der Waals surface area contributed by atoms with Gasteiger partial charge in [-0.25, -0.2) is 12.8 Å². The average molecular weight is 383 g/mol. The molecule has 2 saturated heterocycles. The Labute approximate surface area is 154 Å². The minimum absolute atomic E-state index is 0.0402. The number of carbonyl (C=O) groups is 1. The van der Waals surface area contributed by atoms with E-state index >= 15 is 0 Å². The normalized spacial score (nSPS) is 24.7. The Morgan fingerprint density at radius 3 is 2.50 bits per heavy atom. The number of carbonyl (C=O) groups excluding carboxylic acids is 1. The summed E-state index contributed by atoms with van der Waals surface area (Å²) in [4.78, 5) is 15.2. The minimum Gasteiger partial charge on any atom is -0.381 e. The smallest absolute Gasteiger partial charge is 0.233 e. The molecule has 1 aromatic carbocycles. The molecule has 0 radical (unpaired) electrons. The molecule has 5 nitrogen and oxygen atoms in total. The number of hydrogen-bond donors (Lipinski definition) is 0. The van der Waals surface area contributed by atoms with E-state index in [0.29, 0.717) is 44.6 Å². The molecule has 2 aliphatic heterocycles. The van der Waals surface area contributed by atoms with E-state index in [4.69, 9.17) is 4.74 Å². The third-order valence-corrected chi connectivity index (χ3v) is 8.48. The van der Waals surface area contributed by atoms with Gasteiger partial charge in [-0.05, 0) is 50.8 Å². The summed E-state index contributed by atoms with van der Waals surface area (Å²) in [5, 5.41) is 0. The predicted molar refractivity (Wildman–Crippen MR) is 97.2 cm³/mol. The Morgan fingerprint density at radius 1 is 1.15 bits per heavy atom. The topological polar surface area (TPSA) is 63.7 Å². The van der Waals surface area contributed by atoms with E-state index in [1.165, 1.54) is 12.1 Å². The molecule has 26 heavy (non-hydrogen) atoms. The van der Waals surface area contributed by atoms with Crippen molar-refractivity contribution >= 4 is 15.7 Å². The number of ether oxygens (including phenoxy) is 1. The van der Waals surface area contributed by atoms with Gasteiger partial charge in [0.2, 0.25) is 5.91 Å². The average Bonchev–Trinajstić information content (AvgIpc) is 2.71. The van der Waals surface area contributed by atoms with Gasteiger partial charge in [-0.3, -0.25) is 4.79 Å². The molecule has 0 spiro atoms. The lowest BCUT2D eigenvalue weighted by Crippen LogP contribution is -2.50. The van der Waals surface area contributed by atoms with E-state index in [9.17, 15) is 17.6 Å². The number of benzene rings is 1. The van der Waals surface area contributed by atoms with Crippen molar-refractivity contribution in [3.05, 3.63) is 35.6 Å². The number of nitrogens with zero attached hydrogens (tertiary/aromatic N) is 1. The molecule has 0 bridgehead atoms. The molecule has 2 aliphatic rings. The fourth-order valence-electron chi connectivity index (χ4n) is 3.82. The Kier molecular flexibility index (Phi) is 5.14. The van der Waals surface area contributed by atoms with Crippen molar-refractivity contribution in [1.29, 1.82) is 0 Å². The molecule has 1 aromatic rings. The molecule has 144 valence electrons. The second-order valence-electron chi connectivity index (χ2n) is 7.83. The number of rotatable bonds is 2. The summed E-state index contributed by atoms with van der Waals surface area (Å²) in [5.41, 5.74) is -0.198. The highest BCUT2D eigenvalue weighted by molar-refractivity contribution is 7.92. The van der Waals surface area contributed by atoms with Crippen molar-refractivity contribution in [2.24, 2.45) is 0 Å². The Bertz CT molecular complexity index is 784.